The number of H-pyrrole nitrogens is 2. The number of imidazole rings is 2. The van der Waals surface area contributed by atoms with Crippen LogP contribution >= 0.6 is 0 Å². The highest BCUT2D eigenvalue weighted by Gasteiger charge is 2.48. The summed E-state index contributed by atoms with van der Waals surface area (Å²) in [5.41, 5.74) is 11.9. The van der Waals surface area contributed by atoms with Gasteiger partial charge in [-0.3, -0.25) is 9.59 Å². The minimum Gasteiger partial charge on any atom is -0.453 e. The van der Waals surface area contributed by atoms with Crippen LogP contribution in [0, 0.1) is 11.8 Å². The van der Waals surface area contributed by atoms with Gasteiger partial charge in [0.2, 0.25) is 11.8 Å². The standard InChI is InChI=1S/C51H61N7O5/c1-27(2)47(56-51(61)63-6)50(60)57-28(3)10-21-42(57)49-53-38-20-17-32(24-39(38)54-49)37-19-18-36(45-34-15-16-35(23-34)46(37)45)30-11-13-31(14-12-30)40-26-52-48(55-40)43-25-33-8-7-9-41(33)58(43)44(59)22-29(4)62-5/h11-14,17-20,24,26-29,33-35,41-43,47H,7-10,15-16,21-23,25H2,1-6H3,(H,52,55)(H,53,54)(H,56,61)/t28-,29+,33-,34?,35?,41-,42-,43-,47-/m0/s1. The van der Waals surface area contributed by atoms with Crippen molar-refractivity contribution in [3.8, 4) is 33.5 Å². The first-order valence-electron chi connectivity index (χ1n) is 23.3. The van der Waals surface area contributed by atoms with Crippen LogP contribution in [0.25, 0.3) is 44.5 Å². The zero-order valence-corrected chi connectivity index (χ0v) is 37.4. The van der Waals surface area contributed by atoms with E-state index in [0.29, 0.717) is 30.2 Å². The van der Waals surface area contributed by atoms with Crippen molar-refractivity contribution in [2.45, 2.75) is 140 Å². The fourth-order valence-electron chi connectivity index (χ4n) is 12.2. The fourth-order valence-corrected chi connectivity index (χ4v) is 12.2. The number of fused-ring (bicyclic) bond motifs is 7. The third-order valence-electron chi connectivity index (χ3n) is 15.4. The summed E-state index contributed by atoms with van der Waals surface area (Å²) in [4.78, 5) is 61.0. The maximum atomic E-state index is 14.0. The number of amides is 3. The Morgan fingerprint density at radius 1 is 0.794 bits per heavy atom. The third kappa shape index (κ3) is 7.31. The predicted octanol–water partition coefficient (Wildman–Crippen LogP) is 9.95. The molecule has 4 heterocycles. The molecule has 4 fully saturated rings. The van der Waals surface area contributed by atoms with Crippen molar-refractivity contribution in [2.24, 2.45) is 11.8 Å². The van der Waals surface area contributed by atoms with Crippen molar-refractivity contribution < 1.29 is 23.9 Å². The van der Waals surface area contributed by atoms with E-state index in [1.807, 2.05) is 31.9 Å². The van der Waals surface area contributed by atoms with Crippen molar-refractivity contribution in [1.82, 2.24) is 35.1 Å². The van der Waals surface area contributed by atoms with Crippen molar-refractivity contribution in [3.05, 3.63) is 83.6 Å². The summed E-state index contributed by atoms with van der Waals surface area (Å²) in [7, 11) is 2.99. The fraction of sp³-hybridized carbons (Fsp3) is 0.510. The van der Waals surface area contributed by atoms with Gasteiger partial charge in [-0.1, -0.05) is 62.7 Å². The Kier molecular flexibility index (Phi) is 10.9. The number of likely N-dealkylation sites (tertiary alicyclic amines) is 2. The van der Waals surface area contributed by atoms with Crippen molar-refractivity contribution >= 4 is 28.9 Å². The SMILES string of the molecule is COC(=O)N[C@H](C(=O)N1[C@@H](C)CC[C@H]1c1nc2cc(-c3ccc(-c4ccc(-c5cnc([C@@H]6C[C@@H]7CCC[C@@H]7N6C(=O)C[C@@H](C)OC)[nH]5)cc4)c4c3C3CCC4C3)ccc2[nH]1)C(C)C. The van der Waals surface area contributed by atoms with Gasteiger partial charge in [0.15, 0.2) is 0 Å². The van der Waals surface area contributed by atoms with Crippen molar-refractivity contribution in [1.29, 1.82) is 0 Å². The highest BCUT2D eigenvalue weighted by molar-refractivity contribution is 5.88. The Bertz CT molecular complexity index is 2540. The topological polar surface area (TPSA) is 146 Å². The van der Waals surface area contributed by atoms with Crippen LogP contribution in [-0.2, 0) is 19.1 Å². The number of hydrogen-bond acceptors (Lipinski definition) is 7. The van der Waals surface area contributed by atoms with E-state index in [1.54, 1.807) is 7.11 Å². The van der Waals surface area contributed by atoms with Gasteiger partial charge in [-0.15, -0.1) is 0 Å². The quantitative estimate of drug-likeness (QED) is 0.120. The van der Waals surface area contributed by atoms with Crippen molar-refractivity contribution in [2.75, 3.05) is 14.2 Å². The van der Waals surface area contributed by atoms with Gasteiger partial charge in [0.1, 0.15) is 17.7 Å². The molecule has 12 heteroatoms. The third-order valence-corrected chi connectivity index (χ3v) is 15.4. The summed E-state index contributed by atoms with van der Waals surface area (Å²) in [6.45, 7) is 7.90. The average Bonchev–Trinajstić information content (AvgIpc) is 4.15. The molecule has 2 saturated heterocycles. The Morgan fingerprint density at radius 3 is 2.22 bits per heavy atom. The molecule has 10 rings (SSSR count). The smallest absolute Gasteiger partial charge is 0.407 e. The molecule has 0 spiro atoms. The normalized spacial score (nSPS) is 25.8. The number of alkyl carbamates (subject to hydrolysis) is 1. The molecule has 5 aromatic rings. The molecule has 2 saturated carbocycles. The molecule has 3 aromatic carbocycles. The Labute approximate surface area is 369 Å². The molecular formula is C51H61N7O5. The second kappa shape index (κ2) is 16.6. The molecule has 9 atom stereocenters. The molecule has 63 heavy (non-hydrogen) atoms. The first kappa shape index (κ1) is 41.5. The van der Waals surface area contributed by atoms with Gasteiger partial charge in [0, 0.05) is 19.2 Å². The summed E-state index contributed by atoms with van der Waals surface area (Å²) in [5, 5.41) is 2.77. The number of carbonyl (C=O) groups is 3. The summed E-state index contributed by atoms with van der Waals surface area (Å²) in [6, 6.07) is 19.5. The number of carbonyl (C=O) groups excluding carboxylic acids is 3. The number of rotatable bonds is 11. The van der Waals surface area contributed by atoms with Crippen LogP contribution < -0.4 is 5.32 Å². The highest BCUT2D eigenvalue weighted by Crippen LogP contribution is 2.58. The molecule has 2 aliphatic heterocycles. The first-order valence-corrected chi connectivity index (χ1v) is 23.3. The maximum Gasteiger partial charge on any atom is 0.407 e. The van der Waals surface area contributed by atoms with Gasteiger partial charge in [-0.2, -0.15) is 0 Å². The van der Waals surface area contributed by atoms with Crippen LogP contribution in [0.2, 0.25) is 0 Å². The molecule has 2 aromatic heterocycles. The minimum atomic E-state index is -0.692. The molecule has 3 aliphatic carbocycles. The Hall–Kier alpha value is -5.49. The molecule has 12 nitrogen and oxygen atoms in total. The summed E-state index contributed by atoms with van der Waals surface area (Å²) in [6.07, 6.45) is 11.3. The van der Waals surface area contributed by atoms with E-state index in [2.05, 4.69) is 81.7 Å². The number of methoxy groups -OCH3 is 2. The van der Waals surface area contributed by atoms with Crippen LogP contribution in [0.15, 0.2) is 60.8 Å². The second-order valence-corrected chi connectivity index (χ2v) is 19.4. The van der Waals surface area contributed by atoms with Crippen molar-refractivity contribution in [3.63, 3.8) is 0 Å². The first-order chi connectivity index (χ1) is 30.5. The van der Waals surface area contributed by atoms with Crippen LogP contribution in [0.5, 0.6) is 0 Å². The molecular weight excluding hydrogens is 791 g/mol. The van der Waals surface area contributed by atoms with E-state index >= 15 is 0 Å². The van der Waals surface area contributed by atoms with E-state index in [-0.39, 0.29) is 42.0 Å². The summed E-state index contributed by atoms with van der Waals surface area (Å²) < 4.78 is 10.3. The lowest BCUT2D eigenvalue weighted by Gasteiger charge is -2.32. The van der Waals surface area contributed by atoms with Gasteiger partial charge in [0.05, 0.1) is 54.6 Å². The lowest BCUT2D eigenvalue weighted by molar-refractivity contribution is -0.138. The minimum absolute atomic E-state index is 0.0135. The number of ether oxygens (including phenoxy) is 2. The molecule has 5 aliphatic rings. The maximum absolute atomic E-state index is 14.0. The predicted molar refractivity (Wildman–Crippen MR) is 243 cm³/mol. The number of nitrogens with one attached hydrogen (secondary N) is 3. The summed E-state index contributed by atoms with van der Waals surface area (Å²) in [5.74, 6) is 3.23. The molecule has 0 radical (unpaired) electrons. The van der Waals surface area contributed by atoms with Crippen LogP contribution in [-0.4, -0.2) is 86.1 Å². The van der Waals surface area contributed by atoms with Gasteiger partial charge in [0.25, 0.3) is 0 Å². The lowest BCUT2D eigenvalue weighted by Crippen LogP contribution is -2.52. The molecule has 3 N–H and O–H groups in total. The largest absolute Gasteiger partial charge is 0.453 e. The molecule has 2 unspecified atom stereocenters. The number of nitrogens with zero attached hydrogens (tertiary/aromatic N) is 4. The number of benzene rings is 3. The van der Waals surface area contributed by atoms with E-state index in [0.717, 1.165) is 65.2 Å². The van der Waals surface area contributed by atoms with Gasteiger partial charge in [-0.25, -0.2) is 14.8 Å². The van der Waals surface area contributed by atoms with E-state index in [1.165, 1.54) is 67.0 Å². The molecule has 3 amide bonds. The van der Waals surface area contributed by atoms with Crippen LogP contribution in [0.1, 0.15) is 139 Å². The van der Waals surface area contributed by atoms with E-state index < -0.39 is 12.1 Å². The number of aromatic amines is 2. The molecule has 330 valence electrons. The zero-order chi connectivity index (χ0) is 43.7. The summed E-state index contributed by atoms with van der Waals surface area (Å²) >= 11 is 0. The lowest BCUT2D eigenvalue weighted by atomic mass is 9.81. The Balaban J connectivity index is 0.905. The van der Waals surface area contributed by atoms with E-state index in [4.69, 9.17) is 19.4 Å². The Morgan fingerprint density at radius 2 is 1.51 bits per heavy atom. The van der Waals surface area contributed by atoms with E-state index in [9.17, 15) is 14.4 Å². The highest BCUT2D eigenvalue weighted by atomic mass is 16.5. The average molecular weight is 852 g/mol. The van der Waals surface area contributed by atoms with Crippen LogP contribution in [0.4, 0.5) is 4.79 Å². The van der Waals surface area contributed by atoms with Gasteiger partial charge < -0.3 is 34.6 Å². The monoisotopic (exact) mass is 851 g/mol. The van der Waals surface area contributed by atoms with Gasteiger partial charge >= 0.3 is 6.09 Å². The number of hydrogen-bond donors (Lipinski definition) is 3. The van der Waals surface area contributed by atoms with Gasteiger partial charge in [-0.05, 0) is 140 Å². The zero-order valence-electron chi connectivity index (χ0n) is 37.4. The number of aromatic nitrogens is 4. The molecule has 2 bridgehead atoms. The second-order valence-electron chi connectivity index (χ2n) is 19.4. The van der Waals surface area contributed by atoms with Crippen LogP contribution in [0.3, 0.4) is 0 Å².